The van der Waals surface area contributed by atoms with Gasteiger partial charge in [0.15, 0.2) is 5.90 Å². The van der Waals surface area contributed by atoms with Gasteiger partial charge in [0.1, 0.15) is 6.10 Å². The third-order valence-electron chi connectivity index (χ3n) is 2.75. The van der Waals surface area contributed by atoms with Crippen molar-refractivity contribution in [2.75, 3.05) is 13.1 Å². The van der Waals surface area contributed by atoms with Crippen molar-refractivity contribution in [1.29, 1.82) is 0 Å². The minimum atomic E-state index is 0.237. The van der Waals surface area contributed by atoms with E-state index in [0.29, 0.717) is 0 Å². The van der Waals surface area contributed by atoms with E-state index >= 15 is 0 Å². The van der Waals surface area contributed by atoms with Gasteiger partial charge in [-0.3, -0.25) is 4.99 Å². The van der Waals surface area contributed by atoms with Gasteiger partial charge in [0.2, 0.25) is 0 Å². The average molecular weight is 297 g/mol. The predicted octanol–water partition coefficient (Wildman–Crippen LogP) is 2.53. The van der Waals surface area contributed by atoms with Gasteiger partial charge < -0.3 is 10.5 Å². The van der Waals surface area contributed by atoms with Crippen molar-refractivity contribution < 1.29 is 4.74 Å². The zero-order valence-electron chi connectivity index (χ0n) is 9.73. The summed E-state index contributed by atoms with van der Waals surface area (Å²) in [6, 6.07) is 8.23. The van der Waals surface area contributed by atoms with Gasteiger partial charge in [-0.05, 0) is 37.1 Å². The lowest BCUT2D eigenvalue weighted by molar-refractivity contribution is 0.207. The third kappa shape index (κ3) is 3.82. The van der Waals surface area contributed by atoms with E-state index < -0.39 is 0 Å². The molecule has 1 aromatic rings. The summed E-state index contributed by atoms with van der Waals surface area (Å²) in [4.78, 5) is 4.43. The normalized spacial score (nSPS) is 18.9. The Bertz CT molecular complexity index is 406. The quantitative estimate of drug-likeness (QED) is 0.908. The van der Waals surface area contributed by atoms with Crippen LogP contribution in [0.4, 0.5) is 0 Å². The molecule has 3 nitrogen and oxygen atoms in total. The Morgan fingerprint density at radius 2 is 2.35 bits per heavy atom. The molecule has 1 unspecified atom stereocenters. The lowest BCUT2D eigenvalue weighted by atomic mass is 10.1. The van der Waals surface area contributed by atoms with Crippen LogP contribution in [0.25, 0.3) is 0 Å². The largest absolute Gasteiger partial charge is 0.475 e. The summed E-state index contributed by atoms with van der Waals surface area (Å²) in [7, 11) is 0. The molecule has 17 heavy (non-hydrogen) atoms. The van der Waals surface area contributed by atoms with E-state index in [1.807, 2.05) is 12.1 Å². The van der Waals surface area contributed by atoms with E-state index in [2.05, 4.69) is 33.1 Å². The molecule has 2 rings (SSSR count). The molecule has 1 aromatic carbocycles. The number of hydrogen-bond donors (Lipinski definition) is 1. The zero-order chi connectivity index (χ0) is 12.1. The van der Waals surface area contributed by atoms with Crippen molar-refractivity contribution in [3.05, 3.63) is 34.3 Å². The minimum Gasteiger partial charge on any atom is -0.475 e. The van der Waals surface area contributed by atoms with Gasteiger partial charge in [-0.25, -0.2) is 0 Å². The van der Waals surface area contributed by atoms with Crippen molar-refractivity contribution in [1.82, 2.24) is 0 Å². The van der Waals surface area contributed by atoms with E-state index in [-0.39, 0.29) is 6.10 Å². The molecular formula is C13H17BrN2O. The molecule has 0 aromatic heterocycles. The fourth-order valence-electron chi connectivity index (χ4n) is 1.89. The molecule has 0 saturated carbocycles. The first-order valence-electron chi connectivity index (χ1n) is 5.92. The van der Waals surface area contributed by atoms with Crippen LogP contribution in [0, 0.1) is 0 Å². The van der Waals surface area contributed by atoms with Crippen LogP contribution in [0.1, 0.15) is 18.4 Å². The second-order valence-corrected chi connectivity index (χ2v) is 5.13. The van der Waals surface area contributed by atoms with E-state index in [4.69, 9.17) is 10.5 Å². The van der Waals surface area contributed by atoms with Crippen LogP contribution in [-0.4, -0.2) is 25.1 Å². The van der Waals surface area contributed by atoms with Crippen LogP contribution in [0.2, 0.25) is 0 Å². The molecule has 1 atom stereocenters. The van der Waals surface area contributed by atoms with E-state index in [1.165, 1.54) is 5.56 Å². The van der Waals surface area contributed by atoms with Gasteiger partial charge in [0, 0.05) is 10.9 Å². The predicted molar refractivity (Wildman–Crippen MR) is 73.3 cm³/mol. The number of nitrogens with zero attached hydrogens (tertiary/aromatic N) is 1. The molecule has 2 N–H and O–H groups in total. The van der Waals surface area contributed by atoms with Gasteiger partial charge in [0.25, 0.3) is 0 Å². The standard InChI is InChI=1S/C13H17BrN2O/c14-11-4-1-3-10(7-11)8-13-16-9-12(17-13)5-2-6-15/h1,3-4,7,12H,2,5-6,8-9,15H2. The van der Waals surface area contributed by atoms with Crippen molar-refractivity contribution in [2.45, 2.75) is 25.4 Å². The highest BCUT2D eigenvalue weighted by molar-refractivity contribution is 9.10. The van der Waals surface area contributed by atoms with Crippen LogP contribution in [0.15, 0.2) is 33.7 Å². The number of halogens is 1. The first-order chi connectivity index (χ1) is 8.28. The summed E-state index contributed by atoms with van der Waals surface area (Å²) in [5.74, 6) is 0.852. The van der Waals surface area contributed by atoms with Crippen LogP contribution < -0.4 is 5.73 Å². The number of ether oxygens (including phenoxy) is 1. The lowest BCUT2D eigenvalue weighted by Gasteiger charge is -2.10. The Morgan fingerprint density at radius 3 is 3.12 bits per heavy atom. The summed E-state index contributed by atoms with van der Waals surface area (Å²) >= 11 is 3.46. The van der Waals surface area contributed by atoms with Gasteiger partial charge in [0.05, 0.1) is 6.54 Å². The topological polar surface area (TPSA) is 47.6 Å². The maximum atomic E-state index is 5.79. The Hall–Kier alpha value is -0.870. The third-order valence-corrected chi connectivity index (χ3v) is 3.24. The van der Waals surface area contributed by atoms with Gasteiger partial charge >= 0.3 is 0 Å². The maximum Gasteiger partial charge on any atom is 0.188 e. The van der Waals surface area contributed by atoms with Crippen LogP contribution in [-0.2, 0) is 11.2 Å². The zero-order valence-corrected chi connectivity index (χ0v) is 11.3. The van der Waals surface area contributed by atoms with Crippen molar-refractivity contribution in [3.8, 4) is 0 Å². The van der Waals surface area contributed by atoms with Gasteiger partial charge in [-0.15, -0.1) is 0 Å². The Morgan fingerprint density at radius 1 is 1.47 bits per heavy atom. The number of rotatable bonds is 5. The molecule has 0 saturated heterocycles. The highest BCUT2D eigenvalue weighted by Gasteiger charge is 2.19. The number of benzene rings is 1. The Balaban J connectivity index is 1.85. The molecular weight excluding hydrogens is 280 g/mol. The molecule has 0 bridgehead atoms. The van der Waals surface area contributed by atoms with E-state index in [0.717, 1.165) is 42.7 Å². The van der Waals surface area contributed by atoms with E-state index in [9.17, 15) is 0 Å². The number of nitrogens with two attached hydrogens (primary N) is 1. The van der Waals surface area contributed by atoms with Crippen LogP contribution in [0.5, 0.6) is 0 Å². The monoisotopic (exact) mass is 296 g/mol. The second kappa shape index (κ2) is 6.17. The fourth-order valence-corrected chi connectivity index (χ4v) is 2.33. The summed E-state index contributed by atoms with van der Waals surface area (Å²) in [6.07, 6.45) is 3.02. The Kier molecular flexibility index (Phi) is 4.57. The van der Waals surface area contributed by atoms with Crippen molar-refractivity contribution in [3.63, 3.8) is 0 Å². The van der Waals surface area contributed by atoms with Gasteiger partial charge in [-0.2, -0.15) is 0 Å². The summed E-state index contributed by atoms with van der Waals surface area (Å²) in [5, 5.41) is 0. The summed E-state index contributed by atoms with van der Waals surface area (Å²) in [5.41, 5.74) is 6.70. The molecule has 1 aliphatic rings. The minimum absolute atomic E-state index is 0.237. The second-order valence-electron chi connectivity index (χ2n) is 4.21. The van der Waals surface area contributed by atoms with Crippen molar-refractivity contribution in [2.24, 2.45) is 10.7 Å². The number of aliphatic imine (C=N–C) groups is 1. The van der Waals surface area contributed by atoms with E-state index in [1.54, 1.807) is 0 Å². The average Bonchev–Trinajstić information content (AvgIpc) is 2.74. The maximum absolute atomic E-state index is 5.79. The fraction of sp³-hybridized carbons (Fsp3) is 0.462. The molecule has 1 aliphatic heterocycles. The molecule has 1 heterocycles. The molecule has 92 valence electrons. The van der Waals surface area contributed by atoms with Crippen molar-refractivity contribution >= 4 is 21.8 Å². The molecule has 0 aliphatic carbocycles. The summed E-state index contributed by atoms with van der Waals surface area (Å²) < 4.78 is 6.88. The van der Waals surface area contributed by atoms with Crippen LogP contribution in [0.3, 0.4) is 0 Å². The lowest BCUT2D eigenvalue weighted by Crippen LogP contribution is -2.15. The molecule has 4 heteroatoms. The number of hydrogen-bond acceptors (Lipinski definition) is 3. The highest BCUT2D eigenvalue weighted by Crippen LogP contribution is 2.16. The van der Waals surface area contributed by atoms with Crippen LogP contribution >= 0.6 is 15.9 Å². The SMILES string of the molecule is NCCCC1CN=C(Cc2cccc(Br)c2)O1. The van der Waals surface area contributed by atoms with Gasteiger partial charge in [-0.1, -0.05) is 28.1 Å². The first kappa shape index (κ1) is 12.6. The highest BCUT2D eigenvalue weighted by atomic mass is 79.9. The summed E-state index contributed by atoms with van der Waals surface area (Å²) in [6.45, 7) is 1.50. The smallest absolute Gasteiger partial charge is 0.188 e. The molecule has 0 amide bonds. The molecule has 0 radical (unpaired) electrons. The molecule has 0 fully saturated rings. The first-order valence-corrected chi connectivity index (χ1v) is 6.71. The molecule has 0 spiro atoms. The Labute approximate surface area is 110 Å².